The van der Waals surface area contributed by atoms with E-state index in [4.69, 9.17) is 6.42 Å². The highest BCUT2D eigenvalue weighted by molar-refractivity contribution is 7.99. The van der Waals surface area contributed by atoms with Crippen LogP contribution in [0.25, 0.3) is 0 Å². The van der Waals surface area contributed by atoms with Gasteiger partial charge in [-0.3, -0.25) is 0 Å². The number of terminal acetylenes is 1. The molecule has 7 nitrogen and oxygen atoms in total. The lowest BCUT2D eigenvalue weighted by atomic mass is 10.2. The average Bonchev–Trinajstić information content (AvgIpc) is 2.10. The molecule has 0 aliphatic rings. The molecule has 9 heteroatoms. The Hall–Kier alpha value is -1.37. The summed E-state index contributed by atoms with van der Waals surface area (Å²) in [6.45, 7) is 3.25. The molecule has 0 aliphatic carbocycles. The quantitative estimate of drug-likeness (QED) is 0.363. The molecule has 0 rings (SSSR count). The van der Waals surface area contributed by atoms with Crippen molar-refractivity contribution in [3.63, 3.8) is 0 Å². The van der Waals surface area contributed by atoms with E-state index in [1.165, 1.54) is 0 Å². The summed E-state index contributed by atoms with van der Waals surface area (Å²) < 4.78 is 51.0. The van der Waals surface area contributed by atoms with E-state index in [1.54, 1.807) is 0 Å². The first-order valence-corrected chi connectivity index (χ1v) is 7.39. The fourth-order valence-electron chi connectivity index (χ4n) is 0.631. The summed E-state index contributed by atoms with van der Waals surface area (Å²) in [5.41, 5.74) is -0.123. The monoisotopic (exact) mass is 282 g/mol. The van der Waals surface area contributed by atoms with Gasteiger partial charge in [0.05, 0.1) is 6.26 Å². The predicted molar refractivity (Wildman–Crippen MR) is 58.4 cm³/mol. The second-order valence-electron chi connectivity index (χ2n) is 2.86. The van der Waals surface area contributed by atoms with Gasteiger partial charge in [-0.05, 0) is 0 Å². The maximum atomic E-state index is 11.1. The number of carbonyl (C=O) groups excluding carboxylic acids is 1. The number of ether oxygens (including phenoxy) is 1. The van der Waals surface area contributed by atoms with E-state index in [2.05, 4.69) is 20.9 Å². The molecule has 0 amide bonds. The largest absolute Gasteiger partial charge is 0.443 e. The summed E-state index contributed by atoms with van der Waals surface area (Å²) in [4.78, 5) is 11.1. The van der Waals surface area contributed by atoms with Crippen LogP contribution >= 0.6 is 0 Å². The lowest BCUT2D eigenvalue weighted by molar-refractivity contribution is -0.137. The van der Waals surface area contributed by atoms with Gasteiger partial charge < -0.3 is 4.74 Å². The van der Waals surface area contributed by atoms with Crippen molar-refractivity contribution >= 4 is 26.2 Å². The number of rotatable bonds is 6. The van der Waals surface area contributed by atoms with E-state index in [9.17, 15) is 21.6 Å². The van der Waals surface area contributed by atoms with Crippen molar-refractivity contribution in [2.24, 2.45) is 0 Å². The van der Waals surface area contributed by atoms with Crippen molar-refractivity contribution in [1.82, 2.24) is 0 Å². The summed E-state index contributed by atoms with van der Waals surface area (Å²) in [5.74, 6) is -0.165. The molecule has 0 radical (unpaired) electrons. The minimum Gasteiger partial charge on any atom is -0.443 e. The van der Waals surface area contributed by atoms with Crippen molar-refractivity contribution in [3.8, 4) is 12.3 Å². The molecule has 96 valence electrons. The third kappa shape index (κ3) is 7.51. The topological polar surface area (TPSA) is 104 Å². The Bertz CT molecular complexity index is 547. The van der Waals surface area contributed by atoms with E-state index in [1.807, 2.05) is 0 Å². The van der Waals surface area contributed by atoms with Crippen LogP contribution in [0.15, 0.2) is 12.2 Å². The number of hydrogen-bond donors (Lipinski definition) is 0. The third-order valence-electron chi connectivity index (χ3n) is 1.17. The lowest BCUT2D eigenvalue weighted by Crippen LogP contribution is -2.20. The van der Waals surface area contributed by atoms with Crippen LogP contribution in [0.4, 0.5) is 0 Å². The first-order chi connectivity index (χ1) is 7.57. The predicted octanol–water partition coefficient (Wildman–Crippen LogP) is -0.627. The molecule has 0 aliphatic heterocycles. The summed E-state index contributed by atoms with van der Waals surface area (Å²) in [6.07, 6.45) is 5.33. The maximum absolute atomic E-state index is 11.1. The van der Waals surface area contributed by atoms with Crippen LogP contribution in [-0.2, 0) is 33.4 Å². The van der Waals surface area contributed by atoms with Crippen LogP contribution in [0.5, 0.6) is 0 Å². The highest BCUT2D eigenvalue weighted by Crippen LogP contribution is 2.04. The Kier molecular flexibility index (Phi) is 5.34. The van der Waals surface area contributed by atoms with Gasteiger partial charge in [0.2, 0.25) is 5.94 Å². The van der Waals surface area contributed by atoms with Crippen molar-refractivity contribution in [2.75, 3.05) is 12.2 Å². The molecule has 0 fully saturated rings. The van der Waals surface area contributed by atoms with Gasteiger partial charge >= 0.3 is 16.1 Å². The Morgan fingerprint density at radius 1 is 1.35 bits per heavy atom. The smallest absolute Gasteiger partial charge is 0.335 e. The SMILES string of the molecule is C#CCC(=C)C(=O)OCS(=O)(=O)OS(C)(=O)=O. The Morgan fingerprint density at radius 3 is 2.29 bits per heavy atom. The first kappa shape index (κ1) is 15.6. The number of carbonyl (C=O) groups is 1. The van der Waals surface area contributed by atoms with Crippen LogP contribution in [-0.4, -0.2) is 35.0 Å². The van der Waals surface area contributed by atoms with Crippen LogP contribution in [0, 0.1) is 12.3 Å². The molecule has 0 saturated heterocycles. The molecule has 0 bridgehead atoms. The van der Waals surface area contributed by atoms with Crippen LogP contribution in [0.1, 0.15) is 6.42 Å². The zero-order chi connectivity index (χ0) is 13.7. The second-order valence-corrected chi connectivity index (χ2v) is 6.17. The summed E-state index contributed by atoms with van der Waals surface area (Å²) in [6, 6.07) is 0. The van der Waals surface area contributed by atoms with Gasteiger partial charge in [0.15, 0.2) is 0 Å². The van der Waals surface area contributed by atoms with Gasteiger partial charge in [0.25, 0.3) is 10.1 Å². The summed E-state index contributed by atoms with van der Waals surface area (Å²) in [5, 5.41) is 0. The van der Waals surface area contributed by atoms with E-state index >= 15 is 0 Å². The molecular formula is C8H10O7S2. The van der Waals surface area contributed by atoms with Crippen LogP contribution in [0.2, 0.25) is 0 Å². The molecule has 0 spiro atoms. The van der Waals surface area contributed by atoms with Gasteiger partial charge in [0, 0.05) is 12.0 Å². The molecule has 0 aromatic heterocycles. The molecule has 0 aromatic rings. The summed E-state index contributed by atoms with van der Waals surface area (Å²) in [7, 11) is -8.70. The Balaban J connectivity index is 4.45. The minimum absolute atomic E-state index is 0.105. The Morgan fingerprint density at radius 2 is 1.88 bits per heavy atom. The number of hydrogen-bond acceptors (Lipinski definition) is 7. The fourth-order valence-corrected chi connectivity index (χ4v) is 2.55. The van der Waals surface area contributed by atoms with Crippen molar-refractivity contribution < 1.29 is 30.0 Å². The average molecular weight is 282 g/mol. The number of esters is 1. The van der Waals surface area contributed by atoms with Gasteiger partial charge in [0.1, 0.15) is 0 Å². The zero-order valence-corrected chi connectivity index (χ0v) is 10.5. The standard InChI is InChI=1S/C8H10O7S2/c1-4-5-7(2)8(9)14-6-17(12,13)15-16(3,10)11/h1H,2,5-6H2,3H3. The highest BCUT2D eigenvalue weighted by Gasteiger charge is 2.21. The van der Waals surface area contributed by atoms with Crippen molar-refractivity contribution in [2.45, 2.75) is 6.42 Å². The molecule has 0 aromatic carbocycles. The molecule has 0 N–H and O–H groups in total. The molecule has 0 heterocycles. The fraction of sp³-hybridized carbons (Fsp3) is 0.375. The molecule has 0 atom stereocenters. The normalized spacial score (nSPS) is 11.5. The van der Waals surface area contributed by atoms with Gasteiger partial charge in [-0.1, -0.05) is 6.58 Å². The maximum Gasteiger partial charge on any atom is 0.335 e. The van der Waals surface area contributed by atoms with Crippen LogP contribution < -0.4 is 0 Å². The van der Waals surface area contributed by atoms with E-state index in [0.717, 1.165) is 0 Å². The molecule has 0 unspecified atom stereocenters. The molecule has 0 saturated carbocycles. The highest BCUT2D eigenvalue weighted by atomic mass is 32.3. The molecule has 17 heavy (non-hydrogen) atoms. The third-order valence-corrected chi connectivity index (χ3v) is 3.39. The van der Waals surface area contributed by atoms with Crippen molar-refractivity contribution in [3.05, 3.63) is 12.2 Å². The van der Waals surface area contributed by atoms with E-state index in [-0.39, 0.29) is 12.0 Å². The lowest BCUT2D eigenvalue weighted by Gasteiger charge is -2.05. The van der Waals surface area contributed by atoms with E-state index < -0.39 is 32.1 Å². The first-order valence-electron chi connectivity index (χ1n) is 3.99. The van der Waals surface area contributed by atoms with Gasteiger partial charge in [-0.15, -0.1) is 16.0 Å². The molecular weight excluding hydrogens is 272 g/mol. The summed E-state index contributed by atoms with van der Waals surface area (Å²) >= 11 is 0. The van der Waals surface area contributed by atoms with E-state index in [0.29, 0.717) is 6.26 Å². The Labute approximate surface area is 99.7 Å². The minimum atomic E-state index is -4.51. The van der Waals surface area contributed by atoms with Crippen molar-refractivity contribution in [1.29, 1.82) is 0 Å². The second kappa shape index (κ2) is 5.81. The van der Waals surface area contributed by atoms with Gasteiger partial charge in [-0.25, -0.2) is 4.79 Å². The van der Waals surface area contributed by atoms with Gasteiger partial charge in [-0.2, -0.15) is 16.8 Å². The zero-order valence-electron chi connectivity index (χ0n) is 8.87. The van der Waals surface area contributed by atoms with Crippen LogP contribution in [0.3, 0.4) is 0 Å².